The molecule has 1 spiro atoms. The van der Waals surface area contributed by atoms with Gasteiger partial charge < -0.3 is 62.7 Å². The van der Waals surface area contributed by atoms with Crippen molar-refractivity contribution >= 4 is 5.97 Å². The molecule has 0 radical (unpaired) electrons. The molecule has 6 aliphatic heterocycles. The molecular weight excluding hydrogens is 801 g/mol. The lowest BCUT2D eigenvalue weighted by Crippen LogP contribution is -2.58. The zero-order valence-electron chi connectivity index (χ0n) is 38.2. The average Bonchev–Trinajstić information content (AvgIpc) is 3.58. The van der Waals surface area contributed by atoms with Crippen LogP contribution in [0.3, 0.4) is 0 Å². The van der Waals surface area contributed by atoms with E-state index in [0.717, 1.165) is 12.0 Å². The third-order valence-corrected chi connectivity index (χ3v) is 14.5. The molecule has 7 rings (SSSR count). The van der Waals surface area contributed by atoms with Crippen LogP contribution in [0.25, 0.3) is 0 Å². The van der Waals surface area contributed by atoms with Crippen LogP contribution in [0.15, 0.2) is 59.3 Å². The van der Waals surface area contributed by atoms with Gasteiger partial charge in [0, 0.05) is 51.7 Å². The monoisotopic (exact) mass is 872 g/mol. The first-order valence-electron chi connectivity index (χ1n) is 22.9. The molecule has 1 aliphatic carbocycles. The maximum absolute atomic E-state index is 14.3. The summed E-state index contributed by atoms with van der Waals surface area (Å²) in [6.45, 7) is 16.1. The van der Waals surface area contributed by atoms with E-state index in [1.54, 1.807) is 40.2 Å². The van der Waals surface area contributed by atoms with Gasteiger partial charge in [-0.05, 0) is 62.8 Å². The Hall–Kier alpha value is -2.31. The molecule has 62 heavy (non-hydrogen) atoms. The highest BCUT2D eigenvalue weighted by Crippen LogP contribution is 2.47. The number of esters is 1. The van der Waals surface area contributed by atoms with Crippen LogP contribution in [0.1, 0.15) is 93.9 Å². The minimum Gasteiger partial charge on any atom is -0.462 e. The van der Waals surface area contributed by atoms with Crippen molar-refractivity contribution in [3.05, 3.63) is 59.3 Å². The zero-order valence-corrected chi connectivity index (χ0v) is 38.2. The van der Waals surface area contributed by atoms with Crippen LogP contribution >= 0.6 is 0 Å². The minimum absolute atomic E-state index is 0.0317. The van der Waals surface area contributed by atoms with E-state index in [4.69, 9.17) is 47.4 Å². The number of allylic oxidation sites excluding steroid dienone is 2. The number of carbonyl (C=O) groups is 1. The lowest BCUT2D eigenvalue weighted by Gasteiger charge is -2.48. The fourth-order valence-corrected chi connectivity index (χ4v) is 10.6. The second kappa shape index (κ2) is 19.7. The van der Waals surface area contributed by atoms with Crippen LogP contribution in [0.2, 0.25) is 0 Å². The maximum atomic E-state index is 14.3. The van der Waals surface area contributed by atoms with Gasteiger partial charge in [0.2, 0.25) is 0 Å². The maximum Gasteiger partial charge on any atom is 0.316 e. The van der Waals surface area contributed by atoms with E-state index in [9.17, 15) is 20.1 Å². The molecule has 7 aliphatic rings. The van der Waals surface area contributed by atoms with Crippen LogP contribution in [0.4, 0.5) is 0 Å². The molecule has 6 heterocycles. The lowest BCUT2D eigenvalue weighted by molar-refractivity contribution is -0.318. The van der Waals surface area contributed by atoms with Gasteiger partial charge >= 0.3 is 5.97 Å². The average molecular weight is 873 g/mol. The van der Waals surface area contributed by atoms with E-state index in [1.165, 1.54) is 0 Å². The van der Waals surface area contributed by atoms with Gasteiger partial charge in [0.15, 0.2) is 18.4 Å². The molecule has 0 amide bonds. The molecule has 348 valence electrons. The smallest absolute Gasteiger partial charge is 0.316 e. The molecule has 14 nitrogen and oxygen atoms in total. The topological polar surface area (TPSA) is 170 Å². The Balaban J connectivity index is 1.18. The van der Waals surface area contributed by atoms with Crippen LogP contribution in [-0.2, 0) is 52.2 Å². The number of rotatable bonds is 8. The first-order chi connectivity index (χ1) is 29.5. The highest BCUT2D eigenvalue weighted by molar-refractivity contribution is 5.78. The van der Waals surface area contributed by atoms with E-state index in [-0.39, 0.29) is 42.7 Å². The van der Waals surface area contributed by atoms with Gasteiger partial charge in [-0.3, -0.25) is 4.79 Å². The van der Waals surface area contributed by atoms with Crippen molar-refractivity contribution in [2.24, 2.45) is 23.7 Å². The molecule has 0 saturated carbocycles. The normalized spacial score (nSPS) is 47.0. The quantitative estimate of drug-likeness (QED) is 0.210. The molecule has 2 bridgehead atoms. The van der Waals surface area contributed by atoms with E-state index >= 15 is 0 Å². The lowest BCUT2D eigenvalue weighted by atomic mass is 9.71. The molecule has 3 N–H and O–H groups in total. The van der Waals surface area contributed by atoms with Crippen molar-refractivity contribution in [2.45, 2.75) is 191 Å². The van der Waals surface area contributed by atoms with Crippen LogP contribution in [-0.4, -0.2) is 139 Å². The van der Waals surface area contributed by atoms with Crippen molar-refractivity contribution in [1.29, 1.82) is 0 Å². The van der Waals surface area contributed by atoms with Gasteiger partial charge in [-0.15, -0.1) is 0 Å². The van der Waals surface area contributed by atoms with Crippen molar-refractivity contribution in [3.8, 4) is 0 Å². The highest BCUT2D eigenvalue weighted by atomic mass is 16.7. The first-order valence-corrected chi connectivity index (χ1v) is 22.9. The SMILES string of the molecule is CC[C@H](C)[C@H]1O[C@]2(C=C[C@@H]1C)C[C@@H]1C[C@@H](CC=C(C)[C@@H](O[C@H]3C[C@@H](OC)[C@@H](O[C@H]4C[C@@H](OC)[C@@H](O)C(C)O4)C(C)O3)[C@@H](C)C=CC=C3CO[C@@H]4[C@H](O)C(C)=C[C@@H](C(=O)O1)[C@]34O)O2. The molecule has 0 aromatic rings. The summed E-state index contributed by atoms with van der Waals surface area (Å²) < 4.78 is 63.7. The first kappa shape index (κ1) is 47.6. The Morgan fingerprint density at radius 1 is 0.887 bits per heavy atom. The van der Waals surface area contributed by atoms with Crippen molar-refractivity contribution in [3.63, 3.8) is 0 Å². The Labute approximate surface area is 367 Å². The summed E-state index contributed by atoms with van der Waals surface area (Å²) in [7, 11) is 3.22. The summed E-state index contributed by atoms with van der Waals surface area (Å²) in [5.41, 5.74) is 0.134. The summed E-state index contributed by atoms with van der Waals surface area (Å²) in [6, 6.07) is 0. The highest BCUT2D eigenvalue weighted by Gasteiger charge is 2.60. The number of fused-ring (bicyclic) bond motifs is 2. The number of hydrogen-bond donors (Lipinski definition) is 3. The number of aliphatic hydroxyl groups excluding tert-OH is 2. The molecule has 2 unspecified atom stereocenters. The summed E-state index contributed by atoms with van der Waals surface area (Å²) in [4.78, 5) is 14.3. The van der Waals surface area contributed by atoms with E-state index < -0.39 is 90.8 Å². The summed E-state index contributed by atoms with van der Waals surface area (Å²) >= 11 is 0. The molecule has 4 saturated heterocycles. The van der Waals surface area contributed by atoms with E-state index in [0.29, 0.717) is 43.3 Å². The molecular formula is C48H72O14. The third-order valence-electron chi connectivity index (χ3n) is 14.5. The van der Waals surface area contributed by atoms with Gasteiger partial charge in [-0.2, -0.15) is 0 Å². The predicted molar refractivity (Wildman–Crippen MR) is 227 cm³/mol. The second-order valence-corrected chi connectivity index (χ2v) is 19.0. The van der Waals surface area contributed by atoms with E-state index in [1.807, 2.05) is 32.1 Å². The molecule has 14 heteroatoms. The molecule has 0 aromatic heterocycles. The number of methoxy groups -OCH3 is 2. The number of aliphatic hydroxyl groups is 3. The Kier molecular flexibility index (Phi) is 15.1. The van der Waals surface area contributed by atoms with Gasteiger partial charge in [0.1, 0.15) is 42.0 Å². The Morgan fingerprint density at radius 2 is 1.60 bits per heavy atom. The fraction of sp³-hybridized carbons (Fsp3) is 0.771. The van der Waals surface area contributed by atoms with Crippen LogP contribution < -0.4 is 0 Å². The summed E-state index contributed by atoms with van der Waals surface area (Å²) in [6.07, 6.45) is 8.55. The predicted octanol–water partition coefficient (Wildman–Crippen LogP) is 5.38. The Morgan fingerprint density at radius 3 is 2.32 bits per heavy atom. The van der Waals surface area contributed by atoms with Crippen LogP contribution in [0.5, 0.6) is 0 Å². The van der Waals surface area contributed by atoms with Gasteiger partial charge in [-0.1, -0.05) is 70.6 Å². The largest absolute Gasteiger partial charge is 0.462 e. The van der Waals surface area contributed by atoms with E-state index in [2.05, 4.69) is 39.8 Å². The van der Waals surface area contributed by atoms with Gasteiger partial charge in [-0.25, -0.2) is 0 Å². The van der Waals surface area contributed by atoms with Crippen molar-refractivity contribution in [1.82, 2.24) is 0 Å². The molecule has 20 atom stereocenters. The Bertz CT molecular complexity index is 1730. The molecule has 4 fully saturated rings. The summed E-state index contributed by atoms with van der Waals surface area (Å²) in [5, 5.41) is 34.2. The van der Waals surface area contributed by atoms with Gasteiger partial charge in [0.25, 0.3) is 0 Å². The fourth-order valence-electron chi connectivity index (χ4n) is 10.6. The number of carbonyl (C=O) groups excluding carboxylic acids is 1. The van der Waals surface area contributed by atoms with Crippen molar-refractivity contribution < 1.29 is 67.5 Å². The molecule has 0 aromatic carbocycles. The third kappa shape index (κ3) is 9.64. The van der Waals surface area contributed by atoms with Crippen molar-refractivity contribution in [2.75, 3.05) is 20.8 Å². The minimum atomic E-state index is -1.84. The zero-order chi connectivity index (χ0) is 44.7. The van der Waals surface area contributed by atoms with Crippen LogP contribution in [0, 0.1) is 23.7 Å². The number of ether oxygens (including phenoxy) is 10. The second-order valence-electron chi connectivity index (χ2n) is 19.0. The summed E-state index contributed by atoms with van der Waals surface area (Å²) in [5.74, 6) is -2.56. The van der Waals surface area contributed by atoms with Gasteiger partial charge in [0.05, 0.1) is 49.3 Å². The standard InChI is InChI=1S/C48H72O14/c1-11-25(2)43-28(5)17-18-47(62-43)23-34-20-33(61-47)16-15-27(4)42(26(3)13-12-14-32-24-55-45-40(49)29(6)19-35(46(51)58-34)48(32,45)52)59-39-22-37(54-10)44(31(8)57-39)60-38-21-36(53-9)41(50)30(7)56-38/h12-15,17-19,25-26,28,30-31,33-45,49-50,52H,11,16,20-24H2,1-10H3/t25-,26-,28-,30?,31?,33+,34-,35-,36+,37+,38-,39-,40+,41-,42-,43+,44-,45+,47+,48+/m0/s1. The number of hydrogen-bond acceptors (Lipinski definition) is 14.